The minimum atomic E-state index is 0. The van der Waals surface area contributed by atoms with E-state index in [1.165, 1.54) is 24.0 Å². The molecular formula is C18H20IN3O2. The number of para-hydroxylation sites is 1. The zero-order valence-electron chi connectivity index (χ0n) is 13.2. The van der Waals surface area contributed by atoms with Gasteiger partial charge in [0, 0.05) is 11.3 Å². The summed E-state index contributed by atoms with van der Waals surface area (Å²) < 4.78 is 10.8. The van der Waals surface area contributed by atoms with Crippen molar-refractivity contribution >= 4 is 35.6 Å². The highest BCUT2D eigenvalue weighted by molar-refractivity contribution is 14.0. The van der Waals surface area contributed by atoms with Gasteiger partial charge in [-0.2, -0.15) is 0 Å². The van der Waals surface area contributed by atoms with Crippen molar-refractivity contribution in [2.24, 2.45) is 10.7 Å². The summed E-state index contributed by atoms with van der Waals surface area (Å²) in [5, 5.41) is 3.17. The largest absolute Gasteiger partial charge is 0.454 e. The van der Waals surface area contributed by atoms with Crippen molar-refractivity contribution in [3.05, 3.63) is 53.1 Å². The standard InChI is InChI=1S/C18H19N3O2.HI/c19-18(21-15-8-7-12-3-1-4-13(12)9-15)20-10-14-5-2-6-16-17(14)23-11-22-16;/h2,5-9H,1,3-4,10-11H2,(H3,19,20,21);1H. The van der Waals surface area contributed by atoms with E-state index in [2.05, 4.69) is 28.5 Å². The van der Waals surface area contributed by atoms with Crippen LogP contribution in [-0.4, -0.2) is 12.8 Å². The third-order valence-electron chi connectivity index (χ3n) is 4.27. The maximum Gasteiger partial charge on any atom is 0.231 e. The highest BCUT2D eigenvalue weighted by Gasteiger charge is 2.16. The van der Waals surface area contributed by atoms with Gasteiger partial charge < -0.3 is 20.5 Å². The van der Waals surface area contributed by atoms with Crippen LogP contribution in [0.1, 0.15) is 23.1 Å². The summed E-state index contributed by atoms with van der Waals surface area (Å²) in [7, 11) is 0. The Balaban J connectivity index is 0.00000169. The predicted octanol–water partition coefficient (Wildman–Crippen LogP) is 3.45. The molecule has 0 fully saturated rings. The number of aryl methyl sites for hydroxylation is 2. The molecule has 6 heteroatoms. The SMILES string of the molecule is I.NC(=NCc1cccc2c1OCO2)Nc1ccc2c(c1)CCC2. The van der Waals surface area contributed by atoms with Gasteiger partial charge in [0.25, 0.3) is 0 Å². The van der Waals surface area contributed by atoms with Crippen LogP contribution in [0.3, 0.4) is 0 Å². The minimum absolute atomic E-state index is 0. The summed E-state index contributed by atoms with van der Waals surface area (Å²) in [5.74, 6) is 1.93. The van der Waals surface area contributed by atoms with Gasteiger partial charge in [0.2, 0.25) is 6.79 Å². The molecule has 1 aliphatic carbocycles. The normalized spacial score (nSPS) is 14.9. The fraction of sp³-hybridized carbons (Fsp3) is 0.278. The smallest absolute Gasteiger partial charge is 0.231 e. The molecule has 0 radical (unpaired) electrons. The molecule has 2 aromatic carbocycles. The Morgan fingerprint density at radius 2 is 2.00 bits per heavy atom. The van der Waals surface area contributed by atoms with Crippen LogP contribution < -0.4 is 20.5 Å². The maximum absolute atomic E-state index is 6.01. The van der Waals surface area contributed by atoms with Crippen LogP contribution in [0, 0.1) is 0 Å². The van der Waals surface area contributed by atoms with Crippen LogP contribution in [0.2, 0.25) is 0 Å². The molecular weight excluding hydrogens is 417 g/mol. The van der Waals surface area contributed by atoms with Gasteiger partial charge in [-0.05, 0) is 48.6 Å². The number of anilines is 1. The molecule has 2 aliphatic rings. The number of nitrogens with zero attached hydrogens (tertiary/aromatic N) is 1. The van der Waals surface area contributed by atoms with Crippen LogP contribution in [0.15, 0.2) is 41.4 Å². The summed E-state index contributed by atoms with van der Waals surface area (Å²) >= 11 is 0. The van der Waals surface area contributed by atoms with Crippen molar-refractivity contribution in [1.29, 1.82) is 0 Å². The summed E-state index contributed by atoms with van der Waals surface area (Å²) in [6.45, 7) is 0.717. The second kappa shape index (κ2) is 7.29. The molecule has 0 bridgehead atoms. The van der Waals surface area contributed by atoms with Gasteiger partial charge in [0.1, 0.15) is 0 Å². The highest BCUT2D eigenvalue weighted by atomic mass is 127. The van der Waals surface area contributed by atoms with E-state index in [1.54, 1.807) is 0 Å². The van der Waals surface area contributed by atoms with Gasteiger partial charge in [-0.15, -0.1) is 24.0 Å². The Hall–Kier alpha value is -1.96. The Morgan fingerprint density at radius 3 is 2.92 bits per heavy atom. The first-order valence-corrected chi connectivity index (χ1v) is 7.86. The number of benzene rings is 2. The number of rotatable bonds is 3. The topological polar surface area (TPSA) is 68.9 Å². The lowest BCUT2D eigenvalue weighted by Gasteiger charge is -2.08. The molecule has 0 unspecified atom stereocenters. The van der Waals surface area contributed by atoms with Crippen LogP contribution in [-0.2, 0) is 19.4 Å². The van der Waals surface area contributed by atoms with Crippen molar-refractivity contribution < 1.29 is 9.47 Å². The number of nitrogens with one attached hydrogen (secondary N) is 1. The van der Waals surface area contributed by atoms with Crippen molar-refractivity contribution in [3.8, 4) is 11.5 Å². The summed E-state index contributed by atoms with van der Waals surface area (Å²) in [6, 6.07) is 12.2. The van der Waals surface area contributed by atoms with Gasteiger partial charge in [0.05, 0.1) is 6.54 Å². The highest BCUT2D eigenvalue weighted by Crippen LogP contribution is 2.35. The number of hydrogen-bond acceptors (Lipinski definition) is 3. The van der Waals surface area contributed by atoms with Crippen molar-refractivity contribution in [2.75, 3.05) is 12.1 Å². The first-order chi connectivity index (χ1) is 11.3. The van der Waals surface area contributed by atoms with Gasteiger partial charge in [-0.3, -0.25) is 0 Å². The Labute approximate surface area is 158 Å². The van der Waals surface area contributed by atoms with Gasteiger partial charge >= 0.3 is 0 Å². The van der Waals surface area contributed by atoms with Crippen LogP contribution in [0.4, 0.5) is 5.69 Å². The van der Waals surface area contributed by atoms with Crippen molar-refractivity contribution in [2.45, 2.75) is 25.8 Å². The summed E-state index contributed by atoms with van der Waals surface area (Å²) in [5.41, 5.74) is 10.8. The molecule has 0 saturated carbocycles. The minimum Gasteiger partial charge on any atom is -0.454 e. The second-order valence-electron chi connectivity index (χ2n) is 5.81. The number of fused-ring (bicyclic) bond motifs is 2. The molecule has 126 valence electrons. The number of aliphatic imine (C=N–C) groups is 1. The van der Waals surface area contributed by atoms with E-state index in [1.807, 2.05) is 18.2 Å². The van der Waals surface area contributed by atoms with Gasteiger partial charge in [-0.25, -0.2) is 4.99 Å². The zero-order chi connectivity index (χ0) is 15.6. The molecule has 0 amide bonds. The first-order valence-electron chi connectivity index (χ1n) is 7.86. The second-order valence-corrected chi connectivity index (χ2v) is 5.81. The quantitative estimate of drug-likeness (QED) is 0.439. The van der Waals surface area contributed by atoms with Crippen LogP contribution in [0.25, 0.3) is 0 Å². The third-order valence-corrected chi connectivity index (χ3v) is 4.27. The van der Waals surface area contributed by atoms with E-state index in [-0.39, 0.29) is 30.8 Å². The van der Waals surface area contributed by atoms with E-state index in [4.69, 9.17) is 15.2 Å². The van der Waals surface area contributed by atoms with Gasteiger partial charge in [0.15, 0.2) is 17.5 Å². The van der Waals surface area contributed by atoms with Crippen LogP contribution >= 0.6 is 24.0 Å². The third kappa shape index (κ3) is 3.43. The van der Waals surface area contributed by atoms with E-state index in [0.29, 0.717) is 12.5 Å². The Kier molecular flexibility index (Phi) is 5.13. The molecule has 0 atom stereocenters. The summed E-state index contributed by atoms with van der Waals surface area (Å²) in [4.78, 5) is 4.41. The monoisotopic (exact) mass is 437 g/mol. The number of hydrogen-bond donors (Lipinski definition) is 2. The molecule has 24 heavy (non-hydrogen) atoms. The van der Waals surface area contributed by atoms with E-state index < -0.39 is 0 Å². The van der Waals surface area contributed by atoms with E-state index in [9.17, 15) is 0 Å². The molecule has 0 saturated heterocycles. The van der Waals surface area contributed by atoms with Gasteiger partial charge in [-0.1, -0.05) is 18.2 Å². The number of nitrogens with two attached hydrogens (primary N) is 1. The zero-order valence-corrected chi connectivity index (χ0v) is 15.6. The lowest BCUT2D eigenvalue weighted by molar-refractivity contribution is 0.173. The average Bonchev–Trinajstić information content (AvgIpc) is 3.21. The molecule has 0 spiro atoms. The number of halogens is 1. The van der Waals surface area contributed by atoms with E-state index >= 15 is 0 Å². The molecule has 3 N–H and O–H groups in total. The molecule has 4 rings (SSSR count). The predicted molar refractivity (Wildman–Crippen MR) is 105 cm³/mol. The maximum atomic E-state index is 6.01. The molecule has 2 aromatic rings. The van der Waals surface area contributed by atoms with Crippen LogP contribution in [0.5, 0.6) is 11.5 Å². The first kappa shape index (κ1) is 16.9. The number of ether oxygens (including phenoxy) is 2. The molecule has 0 aromatic heterocycles. The van der Waals surface area contributed by atoms with Crippen molar-refractivity contribution in [1.82, 2.24) is 0 Å². The Bertz CT molecular complexity index is 777. The molecule has 5 nitrogen and oxygen atoms in total. The average molecular weight is 437 g/mol. The number of guanidine groups is 1. The van der Waals surface area contributed by atoms with Crippen molar-refractivity contribution in [3.63, 3.8) is 0 Å². The molecule has 1 aliphatic heterocycles. The molecule has 1 heterocycles. The summed E-state index contributed by atoms with van der Waals surface area (Å²) in [6.07, 6.45) is 3.57. The lowest BCUT2D eigenvalue weighted by Crippen LogP contribution is -2.22. The van der Waals surface area contributed by atoms with E-state index in [0.717, 1.165) is 29.2 Å². The fourth-order valence-electron chi connectivity index (χ4n) is 3.12. The lowest BCUT2D eigenvalue weighted by atomic mass is 10.1. The fourth-order valence-corrected chi connectivity index (χ4v) is 3.12. The Morgan fingerprint density at radius 1 is 1.12 bits per heavy atom.